The van der Waals surface area contributed by atoms with Crippen LogP contribution in [-0.4, -0.2) is 8.07 Å². The first-order valence-corrected chi connectivity index (χ1v) is 14.0. The summed E-state index contributed by atoms with van der Waals surface area (Å²) < 4.78 is 0. The van der Waals surface area contributed by atoms with E-state index in [0.29, 0.717) is 19.6 Å². The van der Waals surface area contributed by atoms with Gasteiger partial charge >= 0.3 is 0 Å². The van der Waals surface area contributed by atoms with Crippen LogP contribution >= 0.6 is 0 Å². The summed E-state index contributed by atoms with van der Waals surface area (Å²) in [6, 6.07) is 26.5. The van der Waals surface area contributed by atoms with Gasteiger partial charge in [-0.2, -0.15) is 0 Å². The Morgan fingerprint density at radius 3 is 1.35 bits per heavy atom. The normalized spacial score (nSPS) is 14.5. The Hall–Kier alpha value is -2.76. The van der Waals surface area contributed by atoms with Crippen molar-refractivity contribution in [1.82, 2.24) is 0 Å². The molecule has 0 atom stereocenters. The molecule has 4 heteroatoms. The molecule has 0 spiro atoms. The van der Waals surface area contributed by atoms with E-state index in [-0.39, 0.29) is 5.41 Å². The van der Waals surface area contributed by atoms with Gasteiger partial charge < -0.3 is 17.2 Å². The molecule has 0 aliphatic heterocycles. The molecule has 0 aromatic heterocycles. The van der Waals surface area contributed by atoms with Gasteiger partial charge in [0.1, 0.15) is 0 Å². The molecule has 0 saturated carbocycles. The molecule has 34 heavy (non-hydrogen) atoms. The fraction of sp³-hybridized carbons (Fsp3) is 0.233. The van der Waals surface area contributed by atoms with Crippen molar-refractivity contribution in [3.8, 4) is 0 Å². The van der Waals surface area contributed by atoms with E-state index in [9.17, 15) is 0 Å². The molecule has 1 aliphatic carbocycles. The minimum absolute atomic E-state index is 0.0652. The summed E-state index contributed by atoms with van der Waals surface area (Å²) in [4.78, 5) is 0. The van der Waals surface area contributed by atoms with Gasteiger partial charge in [0.25, 0.3) is 0 Å². The van der Waals surface area contributed by atoms with Crippen LogP contribution in [0.4, 0.5) is 0 Å². The molecule has 4 rings (SSSR count). The second-order valence-electron chi connectivity index (χ2n) is 10.1. The van der Waals surface area contributed by atoms with Gasteiger partial charge in [-0.15, -0.1) is 0 Å². The number of nitrogens with two attached hydrogens (primary N) is 3. The molecule has 3 nitrogen and oxygen atoms in total. The van der Waals surface area contributed by atoms with Crippen molar-refractivity contribution in [2.45, 2.75) is 40.4 Å². The van der Waals surface area contributed by atoms with Crippen LogP contribution < -0.4 is 32.8 Å². The summed E-state index contributed by atoms with van der Waals surface area (Å²) in [6.45, 7) is 8.35. The Labute approximate surface area is 205 Å². The Morgan fingerprint density at radius 1 is 0.618 bits per heavy atom. The lowest BCUT2D eigenvalue weighted by Crippen LogP contribution is -2.70. The molecule has 0 heterocycles. The minimum atomic E-state index is -2.67. The molecule has 0 saturated heterocycles. The maximum Gasteiger partial charge on any atom is 0.162 e. The van der Waals surface area contributed by atoms with Crippen LogP contribution in [0.15, 0.2) is 96.6 Å². The predicted octanol–water partition coefficient (Wildman–Crippen LogP) is 3.19. The Bertz CT molecular complexity index is 1100. The maximum absolute atomic E-state index is 6.11. The zero-order valence-electron chi connectivity index (χ0n) is 20.5. The Morgan fingerprint density at radius 2 is 1.03 bits per heavy atom. The van der Waals surface area contributed by atoms with Gasteiger partial charge in [-0.05, 0) is 43.2 Å². The summed E-state index contributed by atoms with van der Waals surface area (Å²) in [7, 11) is -2.67. The molecular formula is C30H36N3Si. The van der Waals surface area contributed by atoms with E-state index in [1.165, 1.54) is 26.7 Å². The van der Waals surface area contributed by atoms with Crippen LogP contribution in [0.2, 0.25) is 0 Å². The average molecular weight is 467 g/mol. The van der Waals surface area contributed by atoms with E-state index in [2.05, 4.69) is 112 Å². The van der Waals surface area contributed by atoms with Crippen molar-refractivity contribution in [2.75, 3.05) is 0 Å². The molecule has 3 aromatic rings. The summed E-state index contributed by atoms with van der Waals surface area (Å²) in [5.41, 5.74) is 24.5. The second kappa shape index (κ2) is 9.85. The monoisotopic (exact) mass is 466 g/mol. The summed E-state index contributed by atoms with van der Waals surface area (Å²) in [5, 5.41) is 3.97. The highest BCUT2D eigenvalue weighted by atomic mass is 28.3. The highest BCUT2D eigenvalue weighted by molar-refractivity contribution is 7.15. The lowest BCUT2D eigenvalue weighted by molar-refractivity contribution is 0.518. The van der Waals surface area contributed by atoms with Crippen molar-refractivity contribution in [1.29, 1.82) is 0 Å². The molecule has 0 fully saturated rings. The predicted molar refractivity (Wildman–Crippen MR) is 148 cm³/mol. The molecule has 1 aliphatic rings. The molecule has 0 bridgehead atoms. The SMILES string of the molecule is CC(C)(C)C1=C[C]([Si](c2cccc(CN)c2)(c2cccc(CN)c2)c2cccc(CN)c2)C=C1. The highest BCUT2D eigenvalue weighted by Crippen LogP contribution is 2.36. The van der Waals surface area contributed by atoms with E-state index < -0.39 is 8.07 Å². The van der Waals surface area contributed by atoms with E-state index >= 15 is 0 Å². The molecule has 6 N–H and O–H groups in total. The van der Waals surface area contributed by atoms with Crippen molar-refractivity contribution in [3.05, 3.63) is 119 Å². The van der Waals surface area contributed by atoms with Crippen molar-refractivity contribution in [2.24, 2.45) is 22.6 Å². The molecule has 1 radical (unpaired) electrons. The van der Waals surface area contributed by atoms with Gasteiger partial charge in [0.15, 0.2) is 8.07 Å². The molecule has 175 valence electrons. The zero-order chi connectivity index (χ0) is 24.3. The lowest BCUT2D eigenvalue weighted by Gasteiger charge is -2.38. The average Bonchev–Trinajstić information content (AvgIpc) is 3.36. The smallest absolute Gasteiger partial charge is 0.162 e. The summed E-state index contributed by atoms with van der Waals surface area (Å²) >= 11 is 0. The second-order valence-corrected chi connectivity index (χ2v) is 13.9. The van der Waals surface area contributed by atoms with Gasteiger partial charge in [0.05, 0.1) is 0 Å². The lowest BCUT2D eigenvalue weighted by atomic mass is 9.87. The van der Waals surface area contributed by atoms with Gasteiger partial charge in [0, 0.05) is 25.2 Å². The van der Waals surface area contributed by atoms with E-state index in [0.717, 1.165) is 16.7 Å². The van der Waals surface area contributed by atoms with Crippen LogP contribution in [-0.2, 0) is 19.6 Å². The third kappa shape index (κ3) is 4.47. The third-order valence-electron chi connectivity index (χ3n) is 6.84. The van der Waals surface area contributed by atoms with Crippen LogP contribution in [0.1, 0.15) is 37.5 Å². The maximum atomic E-state index is 6.11. The van der Waals surface area contributed by atoms with Crippen molar-refractivity contribution < 1.29 is 0 Å². The number of hydrogen-bond acceptors (Lipinski definition) is 3. The number of benzene rings is 3. The van der Waals surface area contributed by atoms with E-state index in [4.69, 9.17) is 17.2 Å². The fourth-order valence-corrected chi connectivity index (χ4v) is 9.89. The molecule has 0 unspecified atom stereocenters. The zero-order valence-corrected chi connectivity index (χ0v) is 21.5. The molecular weight excluding hydrogens is 430 g/mol. The Kier molecular flexibility index (Phi) is 7.06. The quantitative estimate of drug-likeness (QED) is 0.370. The molecule has 0 amide bonds. The third-order valence-corrected chi connectivity index (χ3v) is 11.5. The minimum Gasteiger partial charge on any atom is -0.326 e. The topological polar surface area (TPSA) is 78.1 Å². The van der Waals surface area contributed by atoms with Crippen LogP contribution in [0.5, 0.6) is 0 Å². The standard InChI is InChI=1S/C30H36N3Si/c1-30(2,3)25-13-14-29(18-25)34(26-10-4-7-22(15-26)19-31,27-11-5-8-23(16-27)20-32)28-12-6-9-24(17-28)21-33/h4-18H,19-21,31-33H2,1-3H3. The van der Waals surface area contributed by atoms with Crippen LogP contribution in [0.25, 0.3) is 0 Å². The van der Waals surface area contributed by atoms with Gasteiger partial charge in [-0.3, -0.25) is 0 Å². The first-order chi connectivity index (χ1) is 16.3. The van der Waals surface area contributed by atoms with Crippen molar-refractivity contribution in [3.63, 3.8) is 0 Å². The first-order valence-electron chi connectivity index (χ1n) is 12.0. The largest absolute Gasteiger partial charge is 0.326 e. The van der Waals surface area contributed by atoms with E-state index in [1.54, 1.807) is 0 Å². The van der Waals surface area contributed by atoms with Gasteiger partial charge in [0.2, 0.25) is 0 Å². The van der Waals surface area contributed by atoms with Crippen LogP contribution in [0, 0.1) is 11.0 Å². The fourth-order valence-electron chi connectivity index (χ4n) is 4.94. The van der Waals surface area contributed by atoms with Crippen molar-refractivity contribution >= 4 is 23.6 Å². The Balaban J connectivity index is 2.11. The first kappa shape index (κ1) is 24.4. The van der Waals surface area contributed by atoms with Gasteiger partial charge in [-0.25, -0.2) is 0 Å². The number of allylic oxidation sites excluding steroid dienone is 4. The van der Waals surface area contributed by atoms with Crippen LogP contribution in [0.3, 0.4) is 0 Å². The van der Waals surface area contributed by atoms with E-state index in [1.807, 2.05) is 0 Å². The number of hydrogen-bond donors (Lipinski definition) is 3. The van der Waals surface area contributed by atoms with Gasteiger partial charge in [-0.1, -0.05) is 112 Å². The molecule has 3 aromatic carbocycles. The number of rotatable bonds is 7. The summed E-state index contributed by atoms with van der Waals surface area (Å²) in [5.74, 6) is 0. The summed E-state index contributed by atoms with van der Waals surface area (Å²) in [6.07, 6.45) is 7.06. The highest BCUT2D eigenvalue weighted by Gasteiger charge is 2.47.